The lowest BCUT2D eigenvalue weighted by Gasteiger charge is -2.08. The molecule has 0 aliphatic rings. The molecule has 0 saturated heterocycles. The van der Waals surface area contributed by atoms with Crippen LogP contribution in [-0.2, 0) is 0 Å². The van der Waals surface area contributed by atoms with E-state index in [4.69, 9.17) is 0 Å². The number of aromatic nitrogens is 1. The van der Waals surface area contributed by atoms with Crippen LogP contribution in [0.2, 0.25) is 0 Å². The van der Waals surface area contributed by atoms with E-state index in [1.165, 1.54) is 0 Å². The van der Waals surface area contributed by atoms with Crippen molar-refractivity contribution in [2.24, 2.45) is 0 Å². The number of nitrogens with zero attached hydrogens (tertiary/aromatic N) is 1. The Labute approximate surface area is 128 Å². The van der Waals surface area contributed by atoms with Crippen molar-refractivity contribution in [1.29, 1.82) is 0 Å². The Kier molecular flexibility index (Phi) is 3.83. The number of pyridine rings is 1. The molecule has 0 aliphatic carbocycles. The van der Waals surface area contributed by atoms with Gasteiger partial charge in [-0.1, -0.05) is 36.4 Å². The molecule has 3 aromatic rings. The standard InChI is InChI=1S/C18H14N2O2/c21-12-13-5-7-14(8-6-13)15-9-10-18(19-11-15)20-16-3-1-2-4-17(16)22/h1-12,22H,(H,19,20). The van der Waals surface area contributed by atoms with Crippen LogP contribution in [0.5, 0.6) is 5.75 Å². The van der Waals surface area contributed by atoms with Crippen molar-refractivity contribution >= 4 is 17.8 Å². The lowest BCUT2D eigenvalue weighted by Crippen LogP contribution is -1.93. The molecule has 0 unspecified atom stereocenters. The summed E-state index contributed by atoms with van der Waals surface area (Å²) in [6, 6.07) is 18.1. The van der Waals surface area contributed by atoms with E-state index >= 15 is 0 Å². The SMILES string of the molecule is O=Cc1ccc(-c2ccc(Nc3ccccc3O)nc2)cc1. The molecular formula is C18H14N2O2. The highest BCUT2D eigenvalue weighted by Crippen LogP contribution is 2.26. The molecule has 0 bridgehead atoms. The summed E-state index contributed by atoms with van der Waals surface area (Å²) < 4.78 is 0. The van der Waals surface area contributed by atoms with Crippen LogP contribution in [0.4, 0.5) is 11.5 Å². The summed E-state index contributed by atoms with van der Waals surface area (Å²) >= 11 is 0. The molecule has 0 fully saturated rings. The van der Waals surface area contributed by atoms with Gasteiger partial charge in [-0.2, -0.15) is 0 Å². The predicted molar refractivity (Wildman–Crippen MR) is 86.5 cm³/mol. The van der Waals surface area contributed by atoms with Crippen molar-refractivity contribution in [1.82, 2.24) is 4.98 Å². The molecule has 4 heteroatoms. The van der Waals surface area contributed by atoms with Gasteiger partial charge in [-0.25, -0.2) is 4.98 Å². The zero-order valence-corrected chi connectivity index (χ0v) is 11.7. The molecule has 108 valence electrons. The minimum atomic E-state index is 0.179. The number of hydrogen-bond acceptors (Lipinski definition) is 4. The minimum Gasteiger partial charge on any atom is -0.506 e. The maximum absolute atomic E-state index is 10.7. The summed E-state index contributed by atoms with van der Waals surface area (Å²) in [5.41, 5.74) is 3.21. The molecule has 0 amide bonds. The highest BCUT2D eigenvalue weighted by molar-refractivity contribution is 5.77. The number of carbonyl (C=O) groups is 1. The molecule has 0 saturated carbocycles. The van der Waals surface area contributed by atoms with E-state index < -0.39 is 0 Å². The van der Waals surface area contributed by atoms with Gasteiger partial charge in [0.1, 0.15) is 17.9 Å². The second kappa shape index (κ2) is 6.10. The Morgan fingerprint density at radius 2 is 1.64 bits per heavy atom. The summed E-state index contributed by atoms with van der Waals surface area (Å²) in [7, 11) is 0. The van der Waals surface area contributed by atoms with E-state index in [1.807, 2.05) is 30.3 Å². The van der Waals surface area contributed by atoms with Gasteiger partial charge < -0.3 is 10.4 Å². The van der Waals surface area contributed by atoms with Gasteiger partial charge in [-0.15, -0.1) is 0 Å². The second-order valence-corrected chi connectivity index (χ2v) is 4.81. The van der Waals surface area contributed by atoms with Gasteiger partial charge in [0.15, 0.2) is 0 Å². The van der Waals surface area contributed by atoms with Crippen molar-refractivity contribution in [2.45, 2.75) is 0 Å². The first kappa shape index (κ1) is 13.8. The molecule has 2 N–H and O–H groups in total. The van der Waals surface area contributed by atoms with Crippen molar-refractivity contribution in [2.75, 3.05) is 5.32 Å². The van der Waals surface area contributed by atoms with Crippen LogP contribution >= 0.6 is 0 Å². The fourth-order valence-corrected chi connectivity index (χ4v) is 2.11. The third-order valence-electron chi connectivity index (χ3n) is 3.31. The quantitative estimate of drug-likeness (QED) is 0.563. The number of carbonyl (C=O) groups excluding carboxylic acids is 1. The summed E-state index contributed by atoms with van der Waals surface area (Å²) in [6.07, 6.45) is 2.57. The molecule has 4 nitrogen and oxygen atoms in total. The molecular weight excluding hydrogens is 276 g/mol. The van der Waals surface area contributed by atoms with Crippen molar-refractivity contribution < 1.29 is 9.90 Å². The average Bonchev–Trinajstić information content (AvgIpc) is 2.58. The maximum atomic E-state index is 10.7. The molecule has 0 radical (unpaired) electrons. The lowest BCUT2D eigenvalue weighted by atomic mass is 10.1. The van der Waals surface area contributed by atoms with E-state index in [0.717, 1.165) is 17.4 Å². The largest absolute Gasteiger partial charge is 0.506 e. The fraction of sp³-hybridized carbons (Fsp3) is 0. The number of para-hydroxylation sites is 2. The summed E-state index contributed by atoms with van der Waals surface area (Å²) in [4.78, 5) is 15.0. The predicted octanol–water partition coefficient (Wildman–Crippen LogP) is 4.01. The maximum Gasteiger partial charge on any atom is 0.150 e. The van der Waals surface area contributed by atoms with Crippen LogP contribution in [0.25, 0.3) is 11.1 Å². The topological polar surface area (TPSA) is 62.2 Å². The van der Waals surface area contributed by atoms with Gasteiger partial charge in [0.2, 0.25) is 0 Å². The van der Waals surface area contributed by atoms with Gasteiger partial charge in [-0.05, 0) is 29.8 Å². The van der Waals surface area contributed by atoms with Gasteiger partial charge in [-0.3, -0.25) is 4.79 Å². The number of phenols is 1. The summed E-state index contributed by atoms with van der Waals surface area (Å²) in [5.74, 6) is 0.826. The van der Waals surface area contributed by atoms with Crippen LogP contribution in [0.1, 0.15) is 10.4 Å². The third-order valence-corrected chi connectivity index (χ3v) is 3.31. The smallest absolute Gasteiger partial charge is 0.150 e. The molecule has 1 aromatic heterocycles. The first-order chi connectivity index (χ1) is 10.8. The second-order valence-electron chi connectivity index (χ2n) is 4.81. The van der Waals surface area contributed by atoms with Crippen molar-refractivity contribution in [3.63, 3.8) is 0 Å². The Hall–Kier alpha value is -3.14. The van der Waals surface area contributed by atoms with E-state index in [9.17, 15) is 9.90 Å². The number of aromatic hydroxyl groups is 1. The average molecular weight is 290 g/mol. The number of hydrogen-bond donors (Lipinski definition) is 2. The highest BCUT2D eigenvalue weighted by Gasteiger charge is 2.02. The molecule has 0 atom stereocenters. The van der Waals surface area contributed by atoms with Gasteiger partial charge in [0.05, 0.1) is 5.69 Å². The summed E-state index contributed by atoms with van der Waals surface area (Å²) in [6.45, 7) is 0. The first-order valence-electron chi connectivity index (χ1n) is 6.83. The van der Waals surface area contributed by atoms with Crippen LogP contribution in [0.15, 0.2) is 66.9 Å². The van der Waals surface area contributed by atoms with Gasteiger partial charge in [0, 0.05) is 17.3 Å². The molecule has 0 spiro atoms. The zero-order valence-electron chi connectivity index (χ0n) is 11.7. The van der Waals surface area contributed by atoms with Crippen LogP contribution in [0, 0.1) is 0 Å². The molecule has 2 aromatic carbocycles. The number of phenolic OH excluding ortho intramolecular Hbond substituents is 1. The number of benzene rings is 2. The van der Waals surface area contributed by atoms with Gasteiger partial charge in [0.25, 0.3) is 0 Å². The fourth-order valence-electron chi connectivity index (χ4n) is 2.11. The van der Waals surface area contributed by atoms with Crippen LogP contribution in [0.3, 0.4) is 0 Å². The Balaban J connectivity index is 1.80. The molecule has 22 heavy (non-hydrogen) atoms. The zero-order chi connectivity index (χ0) is 15.4. The highest BCUT2D eigenvalue weighted by atomic mass is 16.3. The summed E-state index contributed by atoms with van der Waals surface area (Å²) in [5, 5.41) is 12.8. The number of nitrogens with one attached hydrogen (secondary N) is 1. The van der Waals surface area contributed by atoms with E-state index in [2.05, 4.69) is 10.3 Å². The number of aldehydes is 1. The normalized spacial score (nSPS) is 10.2. The number of rotatable bonds is 4. The van der Waals surface area contributed by atoms with Gasteiger partial charge >= 0.3 is 0 Å². The Morgan fingerprint density at radius 3 is 2.27 bits per heavy atom. The molecule has 1 heterocycles. The molecule has 3 rings (SSSR count). The van der Waals surface area contributed by atoms with E-state index in [0.29, 0.717) is 17.1 Å². The van der Waals surface area contributed by atoms with Crippen molar-refractivity contribution in [3.05, 3.63) is 72.4 Å². The minimum absolute atomic E-state index is 0.179. The van der Waals surface area contributed by atoms with Crippen molar-refractivity contribution in [3.8, 4) is 16.9 Å². The monoisotopic (exact) mass is 290 g/mol. The van der Waals surface area contributed by atoms with E-state index in [1.54, 1.807) is 36.5 Å². The number of anilines is 2. The Morgan fingerprint density at radius 1 is 0.909 bits per heavy atom. The van der Waals surface area contributed by atoms with E-state index in [-0.39, 0.29) is 5.75 Å². The molecule has 0 aliphatic heterocycles. The first-order valence-corrected chi connectivity index (χ1v) is 6.83. The lowest BCUT2D eigenvalue weighted by molar-refractivity contribution is 0.112. The van der Waals surface area contributed by atoms with Crippen LogP contribution < -0.4 is 5.32 Å². The van der Waals surface area contributed by atoms with Crippen LogP contribution in [-0.4, -0.2) is 16.4 Å². The third kappa shape index (κ3) is 2.96. The Bertz CT molecular complexity index is 781.